The Bertz CT molecular complexity index is 1010. The van der Waals surface area contributed by atoms with Crippen LogP contribution in [0.5, 0.6) is 0 Å². The molecule has 0 atom stereocenters. The van der Waals surface area contributed by atoms with E-state index in [4.69, 9.17) is 0 Å². The quantitative estimate of drug-likeness (QED) is 0.475. The summed E-state index contributed by atoms with van der Waals surface area (Å²) in [6.07, 6.45) is 1.41. The number of nitro groups is 1. The smallest absolute Gasteiger partial charge is 0.272 e. The molecule has 1 aliphatic heterocycles. The van der Waals surface area contributed by atoms with E-state index in [-0.39, 0.29) is 27.5 Å². The molecule has 2 aromatic rings. The van der Waals surface area contributed by atoms with Crippen molar-refractivity contribution in [1.82, 2.24) is 0 Å². The number of aryl methyl sites for hydroxylation is 1. The number of hydrogen-bond donors (Lipinski definition) is 0. The number of carbonyl (C=O) groups is 1. The SMILES string of the molecule is Cc1ccc(/C=C2\CS(=O)(=O)c3ccccc3C2=O)cc1[N+](=O)[O-]. The summed E-state index contributed by atoms with van der Waals surface area (Å²) < 4.78 is 24.7. The van der Waals surface area contributed by atoms with Crippen molar-refractivity contribution in [1.29, 1.82) is 0 Å². The van der Waals surface area contributed by atoms with Crippen molar-refractivity contribution < 1.29 is 18.1 Å². The molecule has 0 bridgehead atoms. The lowest BCUT2D eigenvalue weighted by molar-refractivity contribution is -0.385. The summed E-state index contributed by atoms with van der Waals surface area (Å²) >= 11 is 0. The Kier molecular flexibility index (Phi) is 3.81. The largest absolute Gasteiger partial charge is 0.289 e. The first kappa shape index (κ1) is 16.1. The van der Waals surface area contributed by atoms with Crippen LogP contribution in [0, 0.1) is 17.0 Å². The molecule has 1 heterocycles. The molecule has 7 heteroatoms. The lowest BCUT2D eigenvalue weighted by Crippen LogP contribution is -2.24. The molecule has 0 aliphatic carbocycles. The van der Waals surface area contributed by atoms with Crippen molar-refractivity contribution >= 4 is 27.4 Å². The van der Waals surface area contributed by atoms with Gasteiger partial charge in [-0.2, -0.15) is 0 Å². The minimum atomic E-state index is -3.60. The molecular weight excluding hydrogens is 330 g/mol. The van der Waals surface area contributed by atoms with Gasteiger partial charge in [0.25, 0.3) is 5.69 Å². The van der Waals surface area contributed by atoms with Gasteiger partial charge in [-0.1, -0.05) is 24.3 Å². The number of benzene rings is 2. The van der Waals surface area contributed by atoms with Gasteiger partial charge in [-0.3, -0.25) is 14.9 Å². The molecule has 0 saturated carbocycles. The number of Topliss-reactive ketones (excluding diaryl/α,β-unsaturated/α-hetero) is 1. The molecule has 3 rings (SSSR count). The summed E-state index contributed by atoms with van der Waals surface area (Å²) in [4.78, 5) is 23.1. The first-order chi connectivity index (χ1) is 11.3. The zero-order valence-electron chi connectivity index (χ0n) is 12.7. The maximum absolute atomic E-state index is 12.5. The maximum atomic E-state index is 12.5. The standard InChI is InChI=1S/C17H13NO5S/c1-11-6-7-12(9-15(11)18(20)21)8-13-10-24(22,23)16-5-3-2-4-14(16)17(13)19/h2-9H,10H2,1H3/b13-8+. The van der Waals surface area contributed by atoms with Crippen LogP contribution in [-0.2, 0) is 9.84 Å². The highest BCUT2D eigenvalue weighted by Crippen LogP contribution is 2.29. The van der Waals surface area contributed by atoms with Gasteiger partial charge in [0.05, 0.1) is 15.6 Å². The van der Waals surface area contributed by atoms with E-state index >= 15 is 0 Å². The molecule has 2 aromatic carbocycles. The van der Waals surface area contributed by atoms with Crippen LogP contribution < -0.4 is 0 Å². The van der Waals surface area contributed by atoms with Crippen LogP contribution >= 0.6 is 0 Å². The van der Waals surface area contributed by atoms with E-state index in [2.05, 4.69) is 0 Å². The fourth-order valence-corrected chi connectivity index (χ4v) is 4.23. The normalized spacial score (nSPS) is 17.5. The predicted octanol–water partition coefficient (Wildman–Crippen LogP) is 2.96. The Hall–Kier alpha value is -2.80. The molecule has 122 valence electrons. The van der Waals surface area contributed by atoms with E-state index in [1.165, 1.54) is 24.3 Å². The van der Waals surface area contributed by atoms with Gasteiger partial charge in [0, 0.05) is 22.8 Å². The Morgan fingerprint density at radius 2 is 1.88 bits per heavy atom. The van der Waals surface area contributed by atoms with Gasteiger partial charge < -0.3 is 0 Å². The van der Waals surface area contributed by atoms with Crippen molar-refractivity contribution in [3.8, 4) is 0 Å². The van der Waals surface area contributed by atoms with E-state index < -0.39 is 20.5 Å². The van der Waals surface area contributed by atoms with Crippen molar-refractivity contribution in [2.45, 2.75) is 11.8 Å². The van der Waals surface area contributed by atoms with Crippen LogP contribution in [0.4, 0.5) is 5.69 Å². The highest BCUT2D eigenvalue weighted by atomic mass is 32.2. The fraction of sp³-hybridized carbons (Fsp3) is 0.118. The van der Waals surface area contributed by atoms with E-state index in [9.17, 15) is 23.3 Å². The summed E-state index contributed by atoms with van der Waals surface area (Å²) in [6.45, 7) is 1.61. The molecule has 0 aromatic heterocycles. The second kappa shape index (κ2) is 5.68. The van der Waals surface area contributed by atoms with Crippen molar-refractivity contribution in [2.24, 2.45) is 0 Å². The number of carbonyl (C=O) groups excluding carboxylic acids is 1. The third-order valence-electron chi connectivity index (χ3n) is 3.87. The monoisotopic (exact) mass is 343 g/mol. The average molecular weight is 343 g/mol. The first-order valence-corrected chi connectivity index (χ1v) is 8.77. The molecule has 6 nitrogen and oxygen atoms in total. The lowest BCUT2D eigenvalue weighted by atomic mass is 10.0. The van der Waals surface area contributed by atoms with Gasteiger partial charge in [0.15, 0.2) is 15.6 Å². The van der Waals surface area contributed by atoms with Gasteiger partial charge in [0.2, 0.25) is 0 Å². The molecule has 0 amide bonds. The Morgan fingerprint density at radius 1 is 1.17 bits per heavy atom. The van der Waals surface area contributed by atoms with Gasteiger partial charge in [-0.15, -0.1) is 0 Å². The second-order valence-corrected chi connectivity index (χ2v) is 7.51. The molecule has 0 radical (unpaired) electrons. The minimum Gasteiger partial charge on any atom is -0.289 e. The van der Waals surface area contributed by atoms with Crippen molar-refractivity contribution in [3.05, 3.63) is 74.8 Å². The topological polar surface area (TPSA) is 94.3 Å². The van der Waals surface area contributed by atoms with Crippen molar-refractivity contribution in [3.63, 3.8) is 0 Å². The molecule has 0 saturated heterocycles. The van der Waals surface area contributed by atoms with Crippen LogP contribution in [0.15, 0.2) is 52.9 Å². The molecule has 0 unspecified atom stereocenters. The van der Waals surface area contributed by atoms with Crippen LogP contribution in [0.3, 0.4) is 0 Å². The molecular formula is C17H13NO5S. The van der Waals surface area contributed by atoms with Crippen LogP contribution in [0.25, 0.3) is 6.08 Å². The predicted molar refractivity (Wildman–Crippen MR) is 88.6 cm³/mol. The van der Waals surface area contributed by atoms with Gasteiger partial charge in [-0.05, 0) is 30.7 Å². The van der Waals surface area contributed by atoms with Crippen LogP contribution in [-0.4, -0.2) is 24.9 Å². The van der Waals surface area contributed by atoms with Crippen molar-refractivity contribution in [2.75, 3.05) is 5.75 Å². The van der Waals surface area contributed by atoms with Gasteiger partial charge in [0.1, 0.15) is 0 Å². The highest BCUT2D eigenvalue weighted by molar-refractivity contribution is 7.91. The maximum Gasteiger partial charge on any atom is 0.272 e. The highest BCUT2D eigenvalue weighted by Gasteiger charge is 2.32. The Labute approximate surface area is 138 Å². The number of ketones is 1. The van der Waals surface area contributed by atoms with Gasteiger partial charge in [-0.25, -0.2) is 8.42 Å². The molecule has 0 N–H and O–H groups in total. The fourth-order valence-electron chi connectivity index (χ4n) is 2.67. The zero-order chi connectivity index (χ0) is 17.5. The molecule has 1 aliphatic rings. The summed E-state index contributed by atoms with van der Waals surface area (Å²) in [5.41, 5.74) is 1.08. The summed E-state index contributed by atoms with van der Waals surface area (Å²) in [6, 6.07) is 10.6. The summed E-state index contributed by atoms with van der Waals surface area (Å²) in [5.74, 6) is -0.784. The number of nitro benzene ring substituents is 1. The van der Waals surface area contributed by atoms with Crippen LogP contribution in [0.1, 0.15) is 21.5 Å². The third-order valence-corrected chi connectivity index (χ3v) is 5.59. The number of fused-ring (bicyclic) bond motifs is 1. The number of hydrogen-bond acceptors (Lipinski definition) is 5. The third kappa shape index (κ3) is 2.74. The lowest BCUT2D eigenvalue weighted by Gasteiger charge is -2.17. The van der Waals surface area contributed by atoms with E-state index in [1.54, 1.807) is 31.2 Å². The van der Waals surface area contributed by atoms with E-state index in [0.717, 1.165) is 0 Å². The van der Waals surface area contributed by atoms with Crippen LogP contribution in [0.2, 0.25) is 0 Å². The molecule has 0 fully saturated rings. The summed E-state index contributed by atoms with van der Waals surface area (Å²) in [7, 11) is -3.60. The zero-order valence-corrected chi connectivity index (χ0v) is 13.5. The second-order valence-electron chi connectivity index (χ2n) is 5.56. The molecule has 0 spiro atoms. The average Bonchev–Trinajstić information content (AvgIpc) is 2.54. The molecule has 24 heavy (non-hydrogen) atoms. The van der Waals surface area contributed by atoms with E-state index in [1.807, 2.05) is 0 Å². The number of sulfone groups is 1. The Morgan fingerprint density at radius 3 is 2.58 bits per heavy atom. The minimum absolute atomic E-state index is 0.0297. The Balaban J connectivity index is 2.11. The first-order valence-electron chi connectivity index (χ1n) is 7.12. The number of rotatable bonds is 2. The summed E-state index contributed by atoms with van der Waals surface area (Å²) in [5, 5.41) is 11.0. The van der Waals surface area contributed by atoms with E-state index in [0.29, 0.717) is 11.1 Å². The number of nitrogens with zero attached hydrogens (tertiary/aromatic N) is 1. The van der Waals surface area contributed by atoms with Gasteiger partial charge >= 0.3 is 0 Å².